The van der Waals surface area contributed by atoms with Gasteiger partial charge in [-0.3, -0.25) is 10.1 Å². The molecule has 1 aliphatic rings. The minimum Gasteiger partial charge on any atom is -0.376 e. The molecule has 0 unspecified atom stereocenters. The lowest BCUT2D eigenvalue weighted by Crippen LogP contribution is -2.32. The molecular weight excluding hydrogens is 309 g/mol. The number of nitrogens with one attached hydrogen (secondary N) is 3. The minimum absolute atomic E-state index is 0.119. The Hall–Kier alpha value is -2.47. The fourth-order valence-electron chi connectivity index (χ4n) is 2.59. The molecule has 1 fully saturated rings. The SMILES string of the molecule is O=C(NC[C@H]1CCCO1)c1ccc(NCc2ccc(F)cc2)[nH+]c1. The highest BCUT2D eigenvalue weighted by molar-refractivity contribution is 5.93. The Kier molecular flexibility index (Phi) is 5.38. The zero-order chi connectivity index (χ0) is 16.8. The maximum absolute atomic E-state index is 12.9. The first-order valence-corrected chi connectivity index (χ1v) is 8.10. The zero-order valence-electron chi connectivity index (χ0n) is 13.3. The number of amides is 1. The van der Waals surface area contributed by atoms with Gasteiger partial charge in [0.25, 0.3) is 11.7 Å². The van der Waals surface area contributed by atoms with Gasteiger partial charge in [0.15, 0.2) is 0 Å². The molecular formula is C18H21FN3O2+. The van der Waals surface area contributed by atoms with Gasteiger partial charge in [0.1, 0.15) is 18.6 Å². The van der Waals surface area contributed by atoms with E-state index in [0.717, 1.165) is 30.8 Å². The summed E-state index contributed by atoms with van der Waals surface area (Å²) in [6.07, 6.45) is 3.86. The molecule has 1 aromatic carbocycles. The first-order chi connectivity index (χ1) is 11.7. The third kappa shape index (κ3) is 4.52. The predicted molar refractivity (Wildman–Crippen MR) is 88.0 cm³/mol. The van der Waals surface area contributed by atoms with Gasteiger partial charge in [-0.05, 0) is 36.6 Å². The van der Waals surface area contributed by atoms with Gasteiger partial charge in [-0.25, -0.2) is 9.37 Å². The summed E-state index contributed by atoms with van der Waals surface area (Å²) in [4.78, 5) is 15.1. The monoisotopic (exact) mass is 330 g/mol. The molecule has 6 heteroatoms. The Balaban J connectivity index is 1.48. The largest absolute Gasteiger partial charge is 0.376 e. The van der Waals surface area contributed by atoms with E-state index in [4.69, 9.17) is 4.74 Å². The van der Waals surface area contributed by atoms with Crippen molar-refractivity contribution in [2.24, 2.45) is 0 Å². The highest BCUT2D eigenvalue weighted by Crippen LogP contribution is 2.11. The topological polar surface area (TPSA) is 64.5 Å². The highest BCUT2D eigenvalue weighted by Gasteiger charge is 2.17. The van der Waals surface area contributed by atoms with Gasteiger partial charge in [-0.1, -0.05) is 12.1 Å². The Labute approximate surface area is 140 Å². The van der Waals surface area contributed by atoms with E-state index in [1.165, 1.54) is 12.1 Å². The van der Waals surface area contributed by atoms with Crippen molar-refractivity contribution in [3.8, 4) is 0 Å². The number of H-pyrrole nitrogens is 1. The molecule has 0 spiro atoms. The predicted octanol–water partition coefficient (Wildman–Crippen LogP) is 2.16. The summed E-state index contributed by atoms with van der Waals surface area (Å²) in [6, 6.07) is 9.90. The van der Waals surface area contributed by atoms with Crippen LogP contribution < -0.4 is 15.6 Å². The Morgan fingerprint density at radius 2 is 2.08 bits per heavy atom. The Morgan fingerprint density at radius 3 is 2.75 bits per heavy atom. The normalized spacial score (nSPS) is 16.8. The second kappa shape index (κ2) is 7.88. The van der Waals surface area contributed by atoms with Gasteiger partial charge in [0.05, 0.1) is 11.7 Å². The molecule has 0 aliphatic carbocycles. The van der Waals surface area contributed by atoms with Crippen LogP contribution >= 0.6 is 0 Å². The molecule has 0 radical (unpaired) electrons. The summed E-state index contributed by atoms with van der Waals surface area (Å²) < 4.78 is 18.3. The van der Waals surface area contributed by atoms with E-state index in [9.17, 15) is 9.18 Å². The number of anilines is 1. The molecule has 126 valence electrons. The molecule has 1 aliphatic heterocycles. The molecule has 1 aromatic heterocycles. The fourth-order valence-corrected chi connectivity index (χ4v) is 2.59. The number of halogens is 1. The lowest BCUT2D eigenvalue weighted by Gasteiger charge is -2.10. The summed E-state index contributed by atoms with van der Waals surface area (Å²) in [6.45, 7) is 1.90. The molecule has 1 atom stereocenters. The van der Waals surface area contributed by atoms with Crippen LogP contribution in [0.4, 0.5) is 10.2 Å². The number of hydrogen-bond donors (Lipinski definition) is 2. The number of pyridine rings is 1. The Morgan fingerprint density at radius 1 is 1.25 bits per heavy atom. The van der Waals surface area contributed by atoms with E-state index in [1.54, 1.807) is 24.4 Å². The Bertz CT molecular complexity index is 668. The van der Waals surface area contributed by atoms with Crippen LogP contribution in [0.3, 0.4) is 0 Å². The van der Waals surface area contributed by atoms with Crippen LogP contribution in [0.15, 0.2) is 42.6 Å². The third-order valence-corrected chi connectivity index (χ3v) is 3.99. The summed E-state index contributed by atoms with van der Waals surface area (Å²) in [5.74, 6) is 0.422. The number of aromatic nitrogens is 1. The lowest BCUT2D eigenvalue weighted by atomic mass is 10.2. The fraction of sp³-hybridized carbons (Fsp3) is 0.333. The number of aromatic amines is 1. The second-order valence-electron chi connectivity index (χ2n) is 5.82. The number of carbonyl (C=O) groups excluding carboxylic acids is 1. The van der Waals surface area contributed by atoms with Crippen LogP contribution in [0.1, 0.15) is 28.8 Å². The van der Waals surface area contributed by atoms with E-state index < -0.39 is 0 Å². The van der Waals surface area contributed by atoms with Crippen molar-refractivity contribution in [1.29, 1.82) is 0 Å². The summed E-state index contributed by atoms with van der Waals surface area (Å²) in [5, 5.41) is 6.08. The third-order valence-electron chi connectivity index (χ3n) is 3.99. The summed E-state index contributed by atoms with van der Waals surface area (Å²) in [7, 11) is 0. The average molecular weight is 330 g/mol. The molecule has 2 heterocycles. The molecule has 0 saturated carbocycles. The van der Waals surface area contributed by atoms with Gasteiger partial charge in [-0.15, -0.1) is 0 Å². The first-order valence-electron chi connectivity index (χ1n) is 8.10. The molecule has 2 aromatic rings. The number of ether oxygens (including phenoxy) is 1. The van der Waals surface area contributed by atoms with E-state index >= 15 is 0 Å². The van der Waals surface area contributed by atoms with Gasteiger partial charge in [0.2, 0.25) is 0 Å². The van der Waals surface area contributed by atoms with Crippen molar-refractivity contribution in [2.75, 3.05) is 18.5 Å². The first kappa shape index (κ1) is 16.4. The van der Waals surface area contributed by atoms with Gasteiger partial charge in [0, 0.05) is 19.2 Å². The van der Waals surface area contributed by atoms with Crippen molar-refractivity contribution in [2.45, 2.75) is 25.5 Å². The zero-order valence-corrected chi connectivity index (χ0v) is 13.3. The van der Waals surface area contributed by atoms with Crippen molar-refractivity contribution in [3.63, 3.8) is 0 Å². The molecule has 1 saturated heterocycles. The molecule has 3 rings (SSSR count). The average Bonchev–Trinajstić information content (AvgIpc) is 3.13. The van der Waals surface area contributed by atoms with Gasteiger partial charge >= 0.3 is 0 Å². The van der Waals surface area contributed by atoms with E-state index in [1.807, 2.05) is 6.07 Å². The van der Waals surface area contributed by atoms with Crippen LogP contribution in [0.25, 0.3) is 0 Å². The lowest BCUT2D eigenvalue weighted by molar-refractivity contribution is -0.361. The quantitative estimate of drug-likeness (QED) is 0.853. The van der Waals surface area contributed by atoms with Gasteiger partial charge in [-0.2, -0.15) is 0 Å². The standard InChI is InChI=1S/C18H20FN3O2/c19-15-6-3-13(4-7-15)10-20-17-8-5-14(11-21-17)18(23)22-12-16-2-1-9-24-16/h3-8,11,16H,1-2,9-10,12H2,(H,20,21)(H,22,23)/p+1/t16-/m1/s1. The van der Waals surface area contributed by atoms with Crippen LogP contribution in [0.5, 0.6) is 0 Å². The number of rotatable bonds is 6. The summed E-state index contributed by atoms with van der Waals surface area (Å²) >= 11 is 0. The van der Waals surface area contributed by atoms with Crippen LogP contribution in [0.2, 0.25) is 0 Å². The van der Waals surface area contributed by atoms with Crippen LogP contribution in [0, 0.1) is 5.82 Å². The molecule has 5 nitrogen and oxygen atoms in total. The van der Waals surface area contributed by atoms with Crippen molar-refractivity contribution < 1.29 is 18.9 Å². The number of carbonyl (C=O) groups is 1. The molecule has 3 N–H and O–H groups in total. The van der Waals surface area contributed by atoms with Crippen LogP contribution in [-0.4, -0.2) is 25.2 Å². The molecule has 24 heavy (non-hydrogen) atoms. The smallest absolute Gasteiger partial charge is 0.272 e. The number of hydrogen-bond acceptors (Lipinski definition) is 3. The minimum atomic E-state index is -0.247. The van der Waals surface area contributed by atoms with Gasteiger partial charge < -0.3 is 10.1 Å². The maximum atomic E-state index is 12.9. The molecule has 1 amide bonds. The molecule has 0 bridgehead atoms. The van der Waals surface area contributed by atoms with Crippen molar-refractivity contribution >= 4 is 11.7 Å². The van der Waals surface area contributed by atoms with E-state index in [0.29, 0.717) is 18.7 Å². The summed E-state index contributed by atoms with van der Waals surface area (Å²) in [5.41, 5.74) is 1.54. The highest BCUT2D eigenvalue weighted by atomic mass is 19.1. The van der Waals surface area contributed by atoms with E-state index in [2.05, 4.69) is 15.6 Å². The second-order valence-corrected chi connectivity index (χ2v) is 5.82. The van der Waals surface area contributed by atoms with E-state index in [-0.39, 0.29) is 17.8 Å². The maximum Gasteiger partial charge on any atom is 0.272 e. The van der Waals surface area contributed by atoms with Crippen molar-refractivity contribution in [1.82, 2.24) is 5.32 Å². The van der Waals surface area contributed by atoms with Crippen LogP contribution in [-0.2, 0) is 11.3 Å². The number of benzene rings is 1. The van der Waals surface area contributed by atoms with Crippen molar-refractivity contribution in [3.05, 3.63) is 59.5 Å².